The molecule has 0 unspecified atom stereocenters. The Hall–Kier alpha value is -2.80. The SMILES string of the molecule is Cc1nc(-c2ccc(F)cc2)sc1CCNC(=O)COc1ccccc1F. The summed E-state index contributed by atoms with van der Waals surface area (Å²) in [7, 11) is 0. The van der Waals surface area contributed by atoms with Crippen LogP contribution in [0.3, 0.4) is 0 Å². The normalized spacial score (nSPS) is 10.6. The monoisotopic (exact) mass is 388 g/mol. The van der Waals surface area contributed by atoms with Crippen molar-refractivity contribution in [2.24, 2.45) is 0 Å². The second-order valence-electron chi connectivity index (χ2n) is 5.85. The van der Waals surface area contributed by atoms with Crippen LogP contribution in [-0.4, -0.2) is 24.0 Å². The minimum atomic E-state index is -0.501. The largest absolute Gasteiger partial charge is 0.481 e. The number of amides is 1. The lowest BCUT2D eigenvalue weighted by atomic mass is 10.2. The molecule has 7 heteroatoms. The van der Waals surface area contributed by atoms with Gasteiger partial charge in [0, 0.05) is 23.4 Å². The van der Waals surface area contributed by atoms with Crippen LogP contribution in [-0.2, 0) is 11.2 Å². The molecule has 3 rings (SSSR count). The zero-order valence-electron chi connectivity index (χ0n) is 14.7. The van der Waals surface area contributed by atoms with Crippen LogP contribution in [0, 0.1) is 18.6 Å². The Labute approximate surface area is 159 Å². The highest BCUT2D eigenvalue weighted by atomic mass is 32.1. The molecule has 0 bridgehead atoms. The highest BCUT2D eigenvalue weighted by Crippen LogP contribution is 2.28. The van der Waals surface area contributed by atoms with E-state index in [1.54, 1.807) is 24.3 Å². The maximum atomic E-state index is 13.4. The fourth-order valence-corrected chi connectivity index (χ4v) is 3.51. The second kappa shape index (κ2) is 8.73. The van der Waals surface area contributed by atoms with E-state index in [1.165, 1.54) is 35.6 Å². The molecule has 27 heavy (non-hydrogen) atoms. The molecular weight excluding hydrogens is 370 g/mol. The summed E-state index contributed by atoms with van der Waals surface area (Å²) in [5.74, 6) is -1.06. The minimum absolute atomic E-state index is 0.0508. The summed E-state index contributed by atoms with van der Waals surface area (Å²) in [6.07, 6.45) is 0.621. The predicted molar refractivity (Wildman–Crippen MR) is 101 cm³/mol. The lowest BCUT2D eigenvalue weighted by Crippen LogP contribution is -2.30. The number of aryl methyl sites for hydroxylation is 1. The number of carbonyl (C=O) groups is 1. The van der Waals surface area contributed by atoms with Crippen molar-refractivity contribution in [3.8, 4) is 16.3 Å². The van der Waals surface area contributed by atoms with Crippen molar-refractivity contribution in [1.82, 2.24) is 10.3 Å². The summed E-state index contributed by atoms with van der Waals surface area (Å²) in [5, 5.41) is 3.56. The topological polar surface area (TPSA) is 51.2 Å². The molecular formula is C20H18F2N2O2S. The van der Waals surface area contributed by atoms with Gasteiger partial charge in [0.1, 0.15) is 10.8 Å². The van der Waals surface area contributed by atoms with Crippen molar-refractivity contribution < 1.29 is 18.3 Å². The highest BCUT2D eigenvalue weighted by Gasteiger charge is 2.11. The van der Waals surface area contributed by atoms with Crippen LogP contribution in [0.25, 0.3) is 10.6 Å². The van der Waals surface area contributed by atoms with Crippen LogP contribution >= 0.6 is 11.3 Å². The van der Waals surface area contributed by atoms with Gasteiger partial charge in [-0.15, -0.1) is 11.3 Å². The number of benzene rings is 2. The molecule has 4 nitrogen and oxygen atoms in total. The number of thiazole rings is 1. The average molecular weight is 388 g/mol. The van der Waals surface area contributed by atoms with Gasteiger partial charge in [-0.25, -0.2) is 13.8 Å². The van der Waals surface area contributed by atoms with Crippen LogP contribution < -0.4 is 10.1 Å². The Kier molecular flexibility index (Phi) is 6.13. The van der Waals surface area contributed by atoms with E-state index in [0.29, 0.717) is 13.0 Å². The number of aromatic nitrogens is 1. The fraction of sp³-hybridized carbons (Fsp3) is 0.200. The first-order chi connectivity index (χ1) is 13.0. The standard InChI is InChI=1S/C20H18F2N2O2S/c1-13-18(27-20(24-13)14-6-8-15(21)9-7-14)10-11-23-19(25)12-26-17-5-3-2-4-16(17)22/h2-9H,10-12H2,1H3,(H,23,25). The number of carbonyl (C=O) groups excluding carboxylic acids is 1. The molecule has 0 aliphatic carbocycles. The summed E-state index contributed by atoms with van der Waals surface area (Å²) >= 11 is 1.52. The van der Waals surface area contributed by atoms with Crippen molar-refractivity contribution in [1.29, 1.82) is 0 Å². The number of halogens is 2. The van der Waals surface area contributed by atoms with Gasteiger partial charge in [-0.1, -0.05) is 12.1 Å². The first kappa shape index (κ1) is 19.0. The van der Waals surface area contributed by atoms with E-state index < -0.39 is 5.82 Å². The predicted octanol–water partition coefficient (Wildman–Crippen LogP) is 4.13. The van der Waals surface area contributed by atoms with Crippen molar-refractivity contribution in [3.63, 3.8) is 0 Å². The van der Waals surface area contributed by atoms with E-state index in [0.717, 1.165) is 21.1 Å². The van der Waals surface area contributed by atoms with E-state index in [2.05, 4.69) is 10.3 Å². The summed E-state index contributed by atoms with van der Waals surface area (Å²) in [6, 6.07) is 12.1. The Balaban J connectivity index is 1.49. The molecule has 0 spiro atoms. The van der Waals surface area contributed by atoms with Crippen LogP contribution in [0.1, 0.15) is 10.6 Å². The molecule has 2 aromatic carbocycles. The number of hydrogen-bond acceptors (Lipinski definition) is 4. The van der Waals surface area contributed by atoms with Gasteiger partial charge in [-0.3, -0.25) is 4.79 Å². The molecule has 0 fully saturated rings. The quantitative estimate of drug-likeness (QED) is 0.662. The Bertz CT molecular complexity index is 926. The van der Waals surface area contributed by atoms with E-state index in [1.807, 2.05) is 6.92 Å². The number of rotatable bonds is 7. The number of nitrogens with one attached hydrogen (secondary N) is 1. The summed E-state index contributed by atoms with van der Waals surface area (Å²) in [4.78, 5) is 17.4. The molecule has 140 valence electrons. The molecule has 0 aliphatic heterocycles. The van der Waals surface area contributed by atoms with Gasteiger partial charge in [-0.05, 0) is 43.3 Å². The summed E-state index contributed by atoms with van der Waals surface area (Å²) < 4.78 is 31.6. The van der Waals surface area contributed by atoms with Crippen LogP contribution in [0.5, 0.6) is 5.75 Å². The van der Waals surface area contributed by atoms with Crippen molar-refractivity contribution in [3.05, 3.63) is 70.7 Å². The van der Waals surface area contributed by atoms with Gasteiger partial charge in [0.2, 0.25) is 0 Å². The van der Waals surface area contributed by atoms with Crippen molar-refractivity contribution in [2.75, 3.05) is 13.2 Å². The van der Waals surface area contributed by atoms with Gasteiger partial charge >= 0.3 is 0 Å². The maximum Gasteiger partial charge on any atom is 0.257 e. The fourth-order valence-electron chi connectivity index (χ4n) is 2.45. The molecule has 1 amide bonds. The molecule has 0 saturated heterocycles. The van der Waals surface area contributed by atoms with Gasteiger partial charge in [0.05, 0.1) is 5.69 Å². The van der Waals surface area contributed by atoms with E-state index in [4.69, 9.17) is 4.74 Å². The van der Waals surface area contributed by atoms with Crippen molar-refractivity contribution >= 4 is 17.2 Å². The smallest absolute Gasteiger partial charge is 0.257 e. The summed E-state index contributed by atoms with van der Waals surface area (Å²) in [5.41, 5.74) is 1.74. The lowest BCUT2D eigenvalue weighted by molar-refractivity contribution is -0.123. The zero-order chi connectivity index (χ0) is 19.2. The third kappa shape index (κ3) is 5.10. The Morgan fingerprint density at radius 2 is 1.89 bits per heavy atom. The Morgan fingerprint density at radius 3 is 2.63 bits per heavy atom. The first-order valence-corrected chi connectivity index (χ1v) is 9.21. The molecule has 0 aliphatic rings. The molecule has 0 saturated carbocycles. The molecule has 1 heterocycles. The third-order valence-electron chi connectivity index (χ3n) is 3.85. The molecule has 3 aromatic rings. The second-order valence-corrected chi connectivity index (χ2v) is 6.94. The van der Waals surface area contributed by atoms with Crippen LogP contribution in [0.4, 0.5) is 8.78 Å². The zero-order valence-corrected chi connectivity index (χ0v) is 15.5. The number of hydrogen-bond donors (Lipinski definition) is 1. The van der Waals surface area contributed by atoms with Gasteiger partial charge < -0.3 is 10.1 Å². The van der Waals surface area contributed by atoms with Crippen molar-refractivity contribution in [2.45, 2.75) is 13.3 Å². The number of nitrogens with zero attached hydrogens (tertiary/aromatic N) is 1. The molecule has 0 atom stereocenters. The van der Waals surface area contributed by atoms with Gasteiger partial charge in [0.25, 0.3) is 5.91 Å². The maximum absolute atomic E-state index is 13.4. The average Bonchev–Trinajstić information content (AvgIpc) is 3.02. The van der Waals surface area contributed by atoms with Crippen LogP contribution in [0.2, 0.25) is 0 Å². The first-order valence-electron chi connectivity index (χ1n) is 8.39. The van der Waals surface area contributed by atoms with E-state index in [-0.39, 0.29) is 24.1 Å². The van der Waals surface area contributed by atoms with Gasteiger partial charge in [-0.2, -0.15) is 0 Å². The number of para-hydroxylation sites is 1. The Morgan fingerprint density at radius 1 is 1.15 bits per heavy atom. The van der Waals surface area contributed by atoms with Crippen LogP contribution in [0.15, 0.2) is 48.5 Å². The minimum Gasteiger partial charge on any atom is -0.481 e. The lowest BCUT2D eigenvalue weighted by Gasteiger charge is -2.07. The molecule has 1 aromatic heterocycles. The van der Waals surface area contributed by atoms with E-state index in [9.17, 15) is 13.6 Å². The molecule has 1 N–H and O–H groups in total. The van der Waals surface area contributed by atoms with E-state index >= 15 is 0 Å². The highest BCUT2D eigenvalue weighted by molar-refractivity contribution is 7.15. The summed E-state index contributed by atoms with van der Waals surface area (Å²) in [6.45, 7) is 2.08. The van der Waals surface area contributed by atoms with Gasteiger partial charge in [0.15, 0.2) is 18.2 Å². The molecule has 0 radical (unpaired) electrons. The number of ether oxygens (including phenoxy) is 1. The third-order valence-corrected chi connectivity index (χ3v) is 5.12.